The SMILES string of the molecule is O=C(Nc1ccc(O)c(NS(=O)(=O)c2ccc(F)cc2)c1)c1ccc(-c2ccc(OC(F)(F)F)cc2)cc1. The summed E-state index contributed by atoms with van der Waals surface area (Å²) in [5.41, 5.74) is 1.45. The van der Waals surface area contributed by atoms with E-state index >= 15 is 0 Å². The Morgan fingerprint density at radius 2 is 1.39 bits per heavy atom. The molecule has 4 aromatic rings. The van der Waals surface area contributed by atoms with Gasteiger partial charge in [-0.2, -0.15) is 0 Å². The van der Waals surface area contributed by atoms with Crippen molar-refractivity contribution in [2.45, 2.75) is 11.3 Å². The van der Waals surface area contributed by atoms with Gasteiger partial charge in [0, 0.05) is 11.3 Å². The fraction of sp³-hybridized carbons (Fsp3) is 0.0385. The Morgan fingerprint density at radius 3 is 1.97 bits per heavy atom. The Labute approximate surface area is 214 Å². The second-order valence-electron chi connectivity index (χ2n) is 7.90. The van der Waals surface area contributed by atoms with E-state index in [1.54, 1.807) is 12.1 Å². The zero-order chi connectivity index (χ0) is 27.5. The number of hydrogen-bond donors (Lipinski definition) is 3. The van der Waals surface area contributed by atoms with E-state index in [1.807, 2.05) is 0 Å². The van der Waals surface area contributed by atoms with E-state index in [9.17, 15) is 35.9 Å². The summed E-state index contributed by atoms with van der Waals surface area (Å²) in [7, 11) is -4.15. The topological polar surface area (TPSA) is 105 Å². The lowest BCUT2D eigenvalue weighted by atomic mass is 10.0. The second-order valence-corrected chi connectivity index (χ2v) is 9.58. The molecule has 0 spiro atoms. The van der Waals surface area contributed by atoms with Crippen molar-refractivity contribution in [1.82, 2.24) is 0 Å². The van der Waals surface area contributed by atoms with Gasteiger partial charge < -0.3 is 15.2 Å². The molecule has 0 saturated carbocycles. The minimum Gasteiger partial charge on any atom is -0.506 e. The summed E-state index contributed by atoms with van der Waals surface area (Å²) in [4.78, 5) is 12.5. The summed E-state index contributed by atoms with van der Waals surface area (Å²) in [6, 6.07) is 19.3. The molecule has 4 rings (SSSR count). The first-order valence-corrected chi connectivity index (χ1v) is 12.3. The molecule has 38 heavy (non-hydrogen) atoms. The number of benzene rings is 4. The molecule has 3 N–H and O–H groups in total. The number of nitrogens with one attached hydrogen (secondary N) is 2. The van der Waals surface area contributed by atoms with Crippen LogP contribution in [0.25, 0.3) is 11.1 Å². The van der Waals surface area contributed by atoms with Gasteiger partial charge in [-0.15, -0.1) is 13.2 Å². The number of carbonyl (C=O) groups is 1. The number of carbonyl (C=O) groups excluding carboxylic acids is 1. The quantitative estimate of drug-likeness (QED) is 0.147. The van der Waals surface area contributed by atoms with E-state index in [0.29, 0.717) is 11.1 Å². The molecule has 0 aliphatic carbocycles. The van der Waals surface area contributed by atoms with Crippen LogP contribution in [-0.2, 0) is 10.0 Å². The molecule has 12 heteroatoms. The maximum Gasteiger partial charge on any atom is 0.573 e. The molecular formula is C26H18F4N2O5S. The zero-order valence-corrected chi connectivity index (χ0v) is 20.0. The average Bonchev–Trinajstić information content (AvgIpc) is 2.86. The number of phenolic OH excluding ortho intramolecular Hbond substituents is 1. The number of phenols is 1. The fourth-order valence-corrected chi connectivity index (χ4v) is 4.44. The molecule has 7 nitrogen and oxygen atoms in total. The Balaban J connectivity index is 1.45. The molecule has 0 fully saturated rings. The number of hydrogen-bond acceptors (Lipinski definition) is 5. The van der Waals surface area contributed by atoms with Gasteiger partial charge in [0.05, 0.1) is 10.6 Å². The lowest BCUT2D eigenvalue weighted by molar-refractivity contribution is -0.274. The zero-order valence-electron chi connectivity index (χ0n) is 19.2. The number of ether oxygens (including phenoxy) is 1. The first-order chi connectivity index (χ1) is 17.9. The Kier molecular flexibility index (Phi) is 7.26. The molecule has 0 unspecified atom stereocenters. The Morgan fingerprint density at radius 1 is 0.816 bits per heavy atom. The highest BCUT2D eigenvalue weighted by Crippen LogP contribution is 2.30. The molecule has 0 aliphatic heterocycles. The van der Waals surface area contributed by atoms with Crippen molar-refractivity contribution in [1.29, 1.82) is 0 Å². The van der Waals surface area contributed by atoms with Crippen LogP contribution in [-0.4, -0.2) is 25.8 Å². The van der Waals surface area contributed by atoms with Gasteiger partial charge in [0.25, 0.3) is 15.9 Å². The second kappa shape index (κ2) is 10.4. The summed E-state index contributed by atoms with van der Waals surface area (Å²) in [5, 5.41) is 12.7. The van der Waals surface area contributed by atoms with Gasteiger partial charge in [-0.3, -0.25) is 9.52 Å². The molecule has 0 heterocycles. The highest BCUT2D eigenvalue weighted by molar-refractivity contribution is 7.92. The summed E-state index contributed by atoms with van der Waals surface area (Å²) < 4.78 is 81.3. The van der Waals surface area contributed by atoms with Crippen LogP contribution < -0.4 is 14.8 Å². The summed E-state index contributed by atoms with van der Waals surface area (Å²) in [5.74, 6) is -1.91. The molecule has 0 saturated heterocycles. The number of anilines is 2. The third-order valence-corrected chi connectivity index (χ3v) is 6.57. The van der Waals surface area contributed by atoms with Crippen LogP contribution in [0.3, 0.4) is 0 Å². The van der Waals surface area contributed by atoms with E-state index in [1.165, 1.54) is 54.6 Å². The largest absolute Gasteiger partial charge is 0.573 e. The first-order valence-electron chi connectivity index (χ1n) is 10.8. The van der Waals surface area contributed by atoms with Gasteiger partial charge in [-0.25, -0.2) is 12.8 Å². The van der Waals surface area contributed by atoms with Crippen molar-refractivity contribution in [3.63, 3.8) is 0 Å². The third-order valence-electron chi connectivity index (χ3n) is 5.19. The van der Waals surface area contributed by atoms with Crippen LogP contribution >= 0.6 is 0 Å². The van der Waals surface area contributed by atoms with Gasteiger partial charge in [0.15, 0.2) is 0 Å². The van der Waals surface area contributed by atoms with Crippen LogP contribution in [0.1, 0.15) is 10.4 Å². The molecule has 1 amide bonds. The monoisotopic (exact) mass is 546 g/mol. The molecule has 0 aliphatic rings. The van der Waals surface area contributed by atoms with E-state index in [0.717, 1.165) is 24.3 Å². The molecule has 0 bridgehead atoms. The molecular weight excluding hydrogens is 528 g/mol. The highest BCUT2D eigenvalue weighted by Gasteiger charge is 2.31. The van der Waals surface area contributed by atoms with E-state index < -0.39 is 33.9 Å². The number of halogens is 4. The fourth-order valence-electron chi connectivity index (χ4n) is 3.38. The normalized spacial score (nSPS) is 11.6. The predicted octanol–water partition coefficient (Wildman–Crippen LogP) is 6.15. The van der Waals surface area contributed by atoms with Crippen LogP contribution in [0.2, 0.25) is 0 Å². The summed E-state index contributed by atoms with van der Waals surface area (Å²) >= 11 is 0. The Bertz CT molecular complexity index is 1560. The van der Waals surface area contributed by atoms with Crippen molar-refractivity contribution >= 4 is 27.3 Å². The molecule has 0 radical (unpaired) electrons. The van der Waals surface area contributed by atoms with Crippen LogP contribution in [0.5, 0.6) is 11.5 Å². The highest BCUT2D eigenvalue weighted by atomic mass is 32.2. The summed E-state index contributed by atoms with van der Waals surface area (Å²) in [6.45, 7) is 0. The van der Waals surface area contributed by atoms with Gasteiger partial charge >= 0.3 is 6.36 Å². The lowest BCUT2D eigenvalue weighted by Crippen LogP contribution is -2.16. The Hall–Kier alpha value is -4.58. The first kappa shape index (κ1) is 26.5. The maximum atomic E-state index is 13.1. The van der Waals surface area contributed by atoms with Crippen molar-refractivity contribution in [2.24, 2.45) is 0 Å². The van der Waals surface area contributed by atoms with Crippen molar-refractivity contribution < 1.29 is 40.6 Å². The van der Waals surface area contributed by atoms with Gasteiger partial charge in [-0.1, -0.05) is 24.3 Å². The van der Waals surface area contributed by atoms with Crippen LogP contribution in [0, 0.1) is 5.82 Å². The molecule has 0 aromatic heterocycles. The van der Waals surface area contributed by atoms with E-state index in [4.69, 9.17) is 0 Å². The third kappa shape index (κ3) is 6.59. The van der Waals surface area contributed by atoms with E-state index in [-0.39, 0.29) is 27.6 Å². The van der Waals surface area contributed by atoms with Crippen molar-refractivity contribution in [3.05, 3.63) is 102 Å². The minimum absolute atomic E-state index is 0.175. The summed E-state index contributed by atoms with van der Waals surface area (Å²) in [6.07, 6.45) is -4.79. The average molecular weight is 546 g/mol. The number of alkyl halides is 3. The van der Waals surface area contributed by atoms with Gasteiger partial charge in [0.2, 0.25) is 0 Å². The number of aromatic hydroxyl groups is 1. The smallest absolute Gasteiger partial charge is 0.506 e. The van der Waals surface area contributed by atoms with Gasteiger partial charge in [-0.05, 0) is 77.9 Å². The predicted molar refractivity (Wildman–Crippen MR) is 132 cm³/mol. The van der Waals surface area contributed by atoms with Crippen molar-refractivity contribution in [3.8, 4) is 22.6 Å². The molecule has 196 valence electrons. The van der Waals surface area contributed by atoms with Crippen molar-refractivity contribution in [2.75, 3.05) is 10.0 Å². The minimum atomic E-state index is -4.79. The number of sulfonamides is 1. The molecule has 4 aromatic carbocycles. The van der Waals surface area contributed by atoms with E-state index in [2.05, 4.69) is 14.8 Å². The van der Waals surface area contributed by atoms with Crippen LogP contribution in [0.4, 0.5) is 28.9 Å². The van der Waals surface area contributed by atoms with Crippen LogP contribution in [0.15, 0.2) is 95.9 Å². The number of rotatable bonds is 7. The number of amides is 1. The maximum absolute atomic E-state index is 13.1. The van der Waals surface area contributed by atoms with Gasteiger partial charge in [0.1, 0.15) is 17.3 Å². The standard InChI is InChI=1S/C26H18F4N2O5S/c27-19-7-12-22(13-8-19)38(35,36)32-23-15-20(9-14-24(23)33)31-25(34)18-3-1-16(2-4-18)17-5-10-21(11-6-17)37-26(28,29)30/h1-15,32-33H,(H,31,34). The lowest BCUT2D eigenvalue weighted by Gasteiger charge is -2.12. The molecule has 0 atom stereocenters.